The second-order valence-electron chi connectivity index (χ2n) is 5.54. The van der Waals surface area contributed by atoms with Crippen LogP contribution >= 0.6 is 0 Å². The fourth-order valence-electron chi connectivity index (χ4n) is 2.43. The Morgan fingerprint density at radius 2 is 1.85 bits per heavy atom. The third kappa shape index (κ3) is 4.77. The van der Waals surface area contributed by atoms with Crippen LogP contribution in [0.2, 0.25) is 0 Å². The first-order valence-corrected chi connectivity index (χ1v) is 6.83. The molecule has 1 saturated carbocycles. The maximum atomic E-state index is 12.3. The van der Waals surface area contributed by atoms with Crippen LogP contribution in [0.3, 0.4) is 0 Å². The van der Waals surface area contributed by atoms with Crippen molar-refractivity contribution in [1.29, 1.82) is 0 Å². The number of ketones is 1. The lowest BCUT2D eigenvalue weighted by molar-refractivity contribution is -0.161. The number of hydrogen-bond acceptors (Lipinski definition) is 4. The SMILES string of the molecule is O=C(COC(=O)[C@H]1CCCN(CC(F)(F)F)C1)C1CC1. The van der Waals surface area contributed by atoms with E-state index in [0.717, 1.165) is 12.8 Å². The largest absolute Gasteiger partial charge is 0.457 e. The molecule has 1 heterocycles. The van der Waals surface area contributed by atoms with Crippen molar-refractivity contribution in [2.24, 2.45) is 11.8 Å². The Balaban J connectivity index is 1.75. The molecule has 1 atom stereocenters. The molecule has 0 spiro atoms. The number of ether oxygens (including phenoxy) is 1. The molecule has 20 heavy (non-hydrogen) atoms. The molecule has 114 valence electrons. The van der Waals surface area contributed by atoms with Crippen molar-refractivity contribution in [3.05, 3.63) is 0 Å². The molecule has 0 aromatic rings. The van der Waals surface area contributed by atoms with Gasteiger partial charge in [0.25, 0.3) is 0 Å². The summed E-state index contributed by atoms with van der Waals surface area (Å²) in [5.74, 6) is -1.17. The van der Waals surface area contributed by atoms with Crippen LogP contribution in [0.4, 0.5) is 13.2 Å². The Hall–Kier alpha value is -1.11. The predicted molar refractivity (Wildman–Crippen MR) is 63.9 cm³/mol. The van der Waals surface area contributed by atoms with Gasteiger partial charge in [0.2, 0.25) is 0 Å². The maximum Gasteiger partial charge on any atom is 0.401 e. The molecule has 2 aliphatic rings. The molecule has 1 aliphatic heterocycles. The van der Waals surface area contributed by atoms with Crippen LogP contribution in [0.1, 0.15) is 25.7 Å². The molecule has 0 bridgehead atoms. The number of alkyl halides is 3. The molecular formula is C13H18F3NO3. The van der Waals surface area contributed by atoms with E-state index in [1.807, 2.05) is 0 Å². The van der Waals surface area contributed by atoms with E-state index in [1.54, 1.807) is 0 Å². The molecule has 7 heteroatoms. The van der Waals surface area contributed by atoms with E-state index >= 15 is 0 Å². The molecule has 1 saturated heterocycles. The summed E-state index contributed by atoms with van der Waals surface area (Å²) in [5, 5.41) is 0. The molecule has 0 N–H and O–H groups in total. The summed E-state index contributed by atoms with van der Waals surface area (Å²) in [6, 6.07) is 0. The first-order chi connectivity index (χ1) is 9.35. The number of carbonyl (C=O) groups is 2. The minimum atomic E-state index is -4.26. The van der Waals surface area contributed by atoms with Gasteiger partial charge >= 0.3 is 12.1 Å². The topological polar surface area (TPSA) is 46.6 Å². The van der Waals surface area contributed by atoms with Crippen LogP contribution < -0.4 is 0 Å². The molecule has 4 nitrogen and oxygen atoms in total. The van der Waals surface area contributed by atoms with Crippen molar-refractivity contribution in [2.45, 2.75) is 31.9 Å². The molecule has 0 amide bonds. The second-order valence-corrected chi connectivity index (χ2v) is 5.54. The van der Waals surface area contributed by atoms with Gasteiger partial charge in [-0.3, -0.25) is 14.5 Å². The first kappa shape index (κ1) is 15.3. The Morgan fingerprint density at radius 3 is 2.45 bits per heavy atom. The van der Waals surface area contributed by atoms with Crippen molar-refractivity contribution >= 4 is 11.8 Å². The Morgan fingerprint density at radius 1 is 1.15 bits per heavy atom. The molecule has 0 radical (unpaired) electrons. The zero-order valence-corrected chi connectivity index (χ0v) is 11.1. The quantitative estimate of drug-likeness (QED) is 0.725. The van der Waals surface area contributed by atoms with Gasteiger partial charge in [-0.25, -0.2) is 0 Å². The average molecular weight is 293 g/mol. The minimum absolute atomic E-state index is 0.0240. The fraction of sp³-hybridized carbons (Fsp3) is 0.846. The lowest BCUT2D eigenvalue weighted by atomic mass is 9.98. The number of esters is 1. The summed E-state index contributed by atoms with van der Waals surface area (Å²) in [4.78, 5) is 24.4. The molecular weight excluding hydrogens is 275 g/mol. The van der Waals surface area contributed by atoms with Crippen molar-refractivity contribution in [2.75, 3.05) is 26.2 Å². The zero-order valence-electron chi connectivity index (χ0n) is 11.1. The number of likely N-dealkylation sites (tertiary alicyclic amines) is 1. The smallest absolute Gasteiger partial charge is 0.401 e. The van der Waals surface area contributed by atoms with E-state index in [4.69, 9.17) is 4.74 Å². The van der Waals surface area contributed by atoms with Crippen LogP contribution in [0.15, 0.2) is 0 Å². The standard InChI is InChI=1S/C13H18F3NO3/c14-13(15,16)8-17-5-1-2-10(6-17)12(19)20-7-11(18)9-3-4-9/h9-10H,1-8H2/t10-/m0/s1. The molecule has 2 fully saturated rings. The number of Topliss-reactive ketones (excluding diaryl/α,β-unsaturated/α-hetero) is 1. The van der Waals surface area contributed by atoms with E-state index in [1.165, 1.54) is 4.90 Å². The number of nitrogens with zero attached hydrogens (tertiary/aromatic N) is 1. The highest BCUT2D eigenvalue weighted by Gasteiger charge is 2.36. The van der Waals surface area contributed by atoms with Crippen molar-refractivity contribution in [3.8, 4) is 0 Å². The van der Waals surface area contributed by atoms with Gasteiger partial charge in [0.15, 0.2) is 5.78 Å². The normalized spacial score (nSPS) is 24.4. The number of halogens is 3. The van der Waals surface area contributed by atoms with Gasteiger partial charge in [-0.2, -0.15) is 13.2 Å². The van der Waals surface area contributed by atoms with E-state index in [0.29, 0.717) is 19.4 Å². The Kier molecular flexibility index (Phi) is 4.67. The number of carbonyl (C=O) groups excluding carboxylic acids is 2. The fourth-order valence-corrected chi connectivity index (χ4v) is 2.43. The average Bonchev–Trinajstić information content (AvgIpc) is 3.18. The minimum Gasteiger partial charge on any atom is -0.457 e. The highest BCUT2D eigenvalue weighted by atomic mass is 19.4. The van der Waals surface area contributed by atoms with E-state index in [2.05, 4.69) is 0 Å². The molecule has 0 aromatic carbocycles. The van der Waals surface area contributed by atoms with Gasteiger partial charge in [-0.15, -0.1) is 0 Å². The Bertz CT molecular complexity index is 380. The summed E-state index contributed by atoms with van der Waals surface area (Å²) in [7, 11) is 0. The third-order valence-electron chi connectivity index (χ3n) is 3.63. The van der Waals surface area contributed by atoms with Crippen molar-refractivity contribution in [1.82, 2.24) is 4.90 Å². The van der Waals surface area contributed by atoms with Gasteiger partial charge in [-0.1, -0.05) is 0 Å². The van der Waals surface area contributed by atoms with E-state index < -0.39 is 24.6 Å². The summed E-state index contributed by atoms with van der Waals surface area (Å²) in [6.45, 7) is -0.850. The zero-order chi connectivity index (χ0) is 14.8. The predicted octanol–water partition coefficient (Wildman–Crippen LogP) is 1.78. The van der Waals surface area contributed by atoms with Gasteiger partial charge in [-0.05, 0) is 32.2 Å². The van der Waals surface area contributed by atoms with Crippen LogP contribution in [0, 0.1) is 11.8 Å². The van der Waals surface area contributed by atoms with Crippen molar-refractivity contribution in [3.63, 3.8) is 0 Å². The lowest BCUT2D eigenvalue weighted by Crippen LogP contribution is -2.43. The molecule has 0 aromatic heterocycles. The van der Waals surface area contributed by atoms with Gasteiger partial charge in [0, 0.05) is 12.5 Å². The number of hydrogen-bond donors (Lipinski definition) is 0. The summed E-state index contributed by atoms with van der Waals surface area (Å²) in [5.41, 5.74) is 0. The molecule has 2 rings (SSSR count). The van der Waals surface area contributed by atoms with Gasteiger partial charge < -0.3 is 4.74 Å². The maximum absolute atomic E-state index is 12.3. The van der Waals surface area contributed by atoms with Crippen LogP contribution in [0.5, 0.6) is 0 Å². The van der Waals surface area contributed by atoms with Gasteiger partial charge in [0.1, 0.15) is 6.61 Å². The number of piperidine rings is 1. The van der Waals surface area contributed by atoms with E-state index in [9.17, 15) is 22.8 Å². The van der Waals surface area contributed by atoms with Crippen LogP contribution in [-0.4, -0.2) is 49.1 Å². The molecule has 1 aliphatic carbocycles. The van der Waals surface area contributed by atoms with Crippen LogP contribution in [0.25, 0.3) is 0 Å². The van der Waals surface area contributed by atoms with Gasteiger partial charge in [0.05, 0.1) is 12.5 Å². The summed E-state index contributed by atoms with van der Waals surface area (Å²) < 4.78 is 41.9. The second kappa shape index (κ2) is 6.11. The first-order valence-electron chi connectivity index (χ1n) is 6.83. The molecule has 0 unspecified atom stereocenters. The highest BCUT2D eigenvalue weighted by Crippen LogP contribution is 2.30. The highest BCUT2D eigenvalue weighted by molar-refractivity contribution is 5.86. The third-order valence-corrected chi connectivity index (χ3v) is 3.63. The summed E-state index contributed by atoms with van der Waals surface area (Å²) >= 11 is 0. The Labute approximate surface area is 115 Å². The number of rotatable bonds is 5. The monoisotopic (exact) mass is 293 g/mol. The van der Waals surface area contributed by atoms with Crippen LogP contribution in [-0.2, 0) is 14.3 Å². The lowest BCUT2D eigenvalue weighted by Gasteiger charge is -2.31. The van der Waals surface area contributed by atoms with Crippen molar-refractivity contribution < 1.29 is 27.5 Å². The summed E-state index contributed by atoms with van der Waals surface area (Å²) in [6.07, 6.45) is -1.51. The van der Waals surface area contributed by atoms with E-state index in [-0.39, 0.29) is 24.9 Å².